The summed E-state index contributed by atoms with van der Waals surface area (Å²) in [4.78, 5) is 74.3. The Hall–Kier alpha value is -7.42. The molecule has 76 heavy (non-hydrogen) atoms. The number of benzene rings is 4. The number of amides is 4. The van der Waals surface area contributed by atoms with Gasteiger partial charge in [-0.1, -0.05) is 57.5 Å². The highest BCUT2D eigenvalue weighted by molar-refractivity contribution is 5.87. The normalized spacial score (nSPS) is 21.7. The minimum Gasteiger partial charge on any atom is -0.465 e. The molecule has 4 amide bonds. The van der Waals surface area contributed by atoms with Gasteiger partial charge in [-0.05, 0) is 92.8 Å². The number of alkyl carbamates (subject to hydrolysis) is 1. The SMILES string of the molecule is CCC[C@H](NC(=O)OC)C(=O)N1CCC[C@H]1c1nc2cc([C@H]3CC[C@H](c4cc5nc([C@@H]6CCCN6C(=O)[C@@H](NC(=O)O)C(C)C)[nH]c5cc4F)N3c3cc(F)c(N4CCO[C@@H](c5ccccc5)C4)c(F)c3)c(F)cc2[nH]1. The molecule has 7 atom stereocenters. The lowest BCUT2D eigenvalue weighted by Gasteiger charge is -2.36. The van der Waals surface area contributed by atoms with E-state index in [-0.39, 0.29) is 66.9 Å². The molecular formula is C55H62F4N10O7. The molecule has 4 saturated heterocycles. The summed E-state index contributed by atoms with van der Waals surface area (Å²) >= 11 is 0. The minimum atomic E-state index is -1.32. The number of halogens is 4. The number of morpholine rings is 1. The lowest BCUT2D eigenvalue weighted by molar-refractivity contribution is -0.135. The zero-order chi connectivity index (χ0) is 53.5. The number of rotatable bonds is 14. The molecule has 6 aromatic rings. The number of ether oxygens (including phenoxy) is 2. The number of carbonyl (C=O) groups is 4. The number of aromatic nitrogens is 4. The van der Waals surface area contributed by atoms with Gasteiger partial charge in [-0.15, -0.1) is 0 Å². The number of hydrogen-bond donors (Lipinski definition) is 5. The van der Waals surface area contributed by atoms with Gasteiger partial charge in [-0.2, -0.15) is 0 Å². The summed E-state index contributed by atoms with van der Waals surface area (Å²) in [6.45, 7) is 6.82. The van der Waals surface area contributed by atoms with Gasteiger partial charge in [0.25, 0.3) is 0 Å². The van der Waals surface area contributed by atoms with Crippen molar-refractivity contribution in [3.63, 3.8) is 0 Å². The zero-order valence-corrected chi connectivity index (χ0v) is 42.8. The number of nitrogens with one attached hydrogen (secondary N) is 4. The van der Waals surface area contributed by atoms with Crippen LogP contribution in [0.25, 0.3) is 22.1 Å². The number of carboxylic acid groups (broad SMARTS) is 1. The summed E-state index contributed by atoms with van der Waals surface area (Å²) < 4.78 is 78.4. The second-order valence-corrected chi connectivity index (χ2v) is 20.5. The number of likely N-dealkylation sites (tertiary alicyclic amines) is 2. The van der Waals surface area contributed by atoms with E-state index in [0.717, 1.165) is 5.56 Å². The van der Waals surface area contributed by atoms with E-state index in [1.165, 1.54) is 31.4 Å². The predicted molar refractivity (Wildman–Crippen MR) is 274 cm³/mol. The molecule has 5 N–H and O–H groups in total. The molecule has 17 nitrogen and oxygen atoms in total. The van der Waals surface area contributed by atoms with Crippen LogP contribution >= 0.6 is 0 Å². The quantitative estimate of drug-likeness (QED) is 0.0651. The van der Waals surface area contributed by atoms with Crippen molar-refractivity contribution in [1.29, 1.82) is 0 Å². The fourth-order valence-electron chi connectivity index (χ4n) is 11.9. The first-order valence-electron chi connectivity index (χ1n) is 26.1. The third-order valence-corrected chi connectivity index (χ3v) is 15.5. The molecule has 0 radical (unpaired) electrons. The summed E-state index contributed by atoms with van der Waals surface area (Å²) in [5, 5.41) is 14.5. The Kier molecular flexibility index (Phi) is 14.8. The Morgan fingerprint density at radius 1 is 0.750 bits per heavy atom. The van der Waals surface area contributed by atoms with Gasteiger partial charge in [0.1, 0.15) is 47.2 Å². The van der Waals surface area contributed by atoms with Crippen molar-refractivity contribution in [3.05, 3.63) is 118 Å². The maximum Gasteiger partial charge on any atom is 0.407 e. The monoisotopic (exact) mass is 1050 g/mol. The Balaban J connectivity index is 1.01. The van der Waals surface area contributed by atoms with Crippen molar-refractivity contribution in [1.82, 2.24) is 40.4 Å². The first kappa shape index (κ1) is 52.0. The smallest absolute Gasteiger partial charge is 0.407 e. The lowest BCUT2D eigenvalue weighted by atomic mass is 10.0. The summed E-state index contributed by atoms with van der Waals surface area (Å²) in [7, 11) is 1.23. The molecular weight excluding hydrogens is 989 g/mol. The first-order valence-corrected chi connectivity index (χ1v) is 26.1. The average molecular weight is 1050 g/mol. The third kappa shape index (κ3) is 10.1. The molecule has 21 heteroatoms. The van der Waals surface area contributed by atoms with Crippen molar-refractivity contribution >= 4 is 57.4 Å². The van der Waals surface area contributed by atoms with Crippen LogP contribution in [0.3, 0.4) is 0 Å². The van der Waals surface area contributed by atoms with Crippen LogP contribution in [-0.4, -0.2) is 111 Å². The Bertz CT molecular complexity index is 3130. The second-order valence-electron chi connectivity index (χ2n) is 20.5. The van der Waals surface area contributed by atoms with Gasteiger partial charge in [0.15, 0.2) is 11.6 Å². The van der Waals surface area contributed by atoms with Gasteiger partial charge in [-0.3, -0.25) is 9.59 Å². The topological polar surface area (TPSA) is 201 Å². The van der Waals surface area contributed by atoms with Crippen molar-refractivity contribution < 1.29 is 51.3 Å². The van der Waals surface area contributed by atoms with E-state index < -0.39 is 83.7 Å². The van der Waals surface area contributed by atoms with Crippen LogP contribution in [0.15, 0.2) is 66.7 Å². The van der Waals surface area contributed by atoms with Crippen molar-refractivity contribution in [2.45, 2.75) is 114 Å². The number of aromatic amines is 2. The van der Waals surface area contributed by atoms with Crippen molar-refractivity contribution in [2.75, 3.05) is 49.7 Å². The van der Waals surface area contributed by atoms with Crippen LogP contribution in [0.4, 0.5) is 38.5 Å². The van der Waals surface area contributed by atoms with Gasteiger partial charge in [-0.25, -0.2) is 37.1 Å². The summed E-state index contributed by atoms with van der Waals surface area (Å²) in [6, 6.07) is 13.0. The summed E-state index contributed by atoms with van der Waals surface area (Å²) in [5.41, 5.74) is 2.44. The number of nitrogens with zero attached hydrogens (tertiary/aromatic N) is 6. The average Bonchev–Trinajstić information content (AvgIpc) is 4.27. The summed E-state index contributed by atoms with van der Waals surface area (Å²) in [5.74, 6) is -3.20. The highest BCUT2D eigenvalue weighted by Gasteiger charge is 2.42. The number of methoxy groups -OCH3 is 1. The highest BCUT2D eigenvalue weighted by atomic mass is 19.1. The first-order chi connectivity index (χ1) is 36.6. The maximum atomic E-state index is 16.9. The number of fused-ring (bicyclic) bond motifs is 2. The Morgan fingerprint density at radius 3 is 1.84 bits per heavy atom. The largest absolute Gasteiger partial charge is 0.465 e. The van der Waals surface area contributed by atoms with Gasteiger partial charge in [0, 0.05) is 43.0 Å². The predicted octanol–water partition coefficient (Wildman–Crippen LogP) is 9.80. The van der Waals surface area contributed by atoms with Crippen LogP contribution in [-0.2, 0) is 19.1 Å². The number of H-pyrrole nitrogens is 2. The molecule has 4 aliphatic heterocycles. The Morgan fingerprint density at radius 2 is 1.32 bits per heavy atom. The zero-order valence-electron chi connectivity index (χ0n) is 42.8. The van der Waals surface area contributed by atoms with Crippen molar-refractivity contribution in [3.8, 4) is 0 Å². The number of carbonyl (C=O) groups excluding carboxylic acids is 3. The molecule has 2 aromatic heterocycles. The van der Waals surface area contributed by atoms with Crippen molar-refractivity contribution in [2.24, 2.45) is 5.92 Å². The minimum absolute atomic E-state index is 0.0561. The van der Waals surface area contributed by atoms with E-state index in [1.54, 1.807) is 45.6 Å². The van der Waals surface area contributed by atoms with E-state index in [4.69, 9.17) is 19.4 Å². The Labute approximate surface area is 436 Å². The molecule has 0 spiro atoms. The molecule has 402 valence electrons. The van der Waals surface area contributed by atoms with E-state index in [9.17, 15) is 24.3 Å². The van der Waals surface area contributed by atoms with Gasteiger partial charge >= 0.3 is 12.2 Å². The van der Waals surface area contributed by atoms with Crippen LogP contribution < -0.4 is 20.4 Å². The highest BCUT2D eigenvalue weighted by Crippen LogP contribution is 2.50. The maximum absolute atomic E-state index is 16.9. The van der Waals surface area contributed by atoms with E-state index >= 15 is 17.6 Å². The molecule has 10 rings (SSSR count). The van der Waals surface area contributed by atoms with Gasteiger partial charge in [0.05, 0.1) is 60.0 Å². The molecule has 6 heterocycles. The van der Waals surface area contributed by atoms with Crippen LogP contribution in [0.2, 0.25) is 0 Å². The molecule has 4 fully saturated rings. The number of hydrogen-bond acceptors (Lipinski definition) is 10. The van der Waals surface area contributed by atoms with E-state index in [2.05, 4.69) is 20.6 Å². The molecule has 0 aliphatic carbocycles. The third-order valence-electron chi connectivity index (χ3n) is 15.5. The fraction of sp³-hybridized carbons (Fsp3) is 0.455. The molecule has 4 aliphatic rings. The molecule has 0 bridgehead atoms. The number of anilines is 2. The molecule has 0 unspecified atom stereocenters. The standard InChI is InChI=1S/C55H62F4N10O7/c1-5-11-38(64-55(74)75-4)52(70)67-18-9-14-45(67)50-60-39-24-32(34(56)26-41(39)62-50)43-16-17-44(69(43)31-22-36(58)49(37(59)23-31)66-20-21-76-47(28-66)30-12-7-6-8-13-30)33-25-40-42(27-35(33)57)63-51(61-40)46-15-10-19-68(46)53(71)48(29(2)3)65-54(72)73/h6-8,12-13,22-27,29,38,43-48,65H,5,9-11,14-21,28H2,1-4H3,(H,60,62)(H,61,63)(H,64,74)(H,72,73)/t38-,43+,44+,45-,46-,47+,48-/m0/s1. The lowest BCUT2D eigenvalue weighted by Crippen LogP contribution is -2.50. The van der Waals surface area contributed by atoms with E-state index in [0.29, 0.717) is 85.3 Å². The number of imidazole rings is 2. The summed E-state index contributed by atoms with van der Waals surface area (Å²) in [6.07, 6.45) is 1.39. The van der Waals surface area contributed by atoms with Gasteiger partial charge in [0.2, 0.25) is 11.8 Å². The van der Waals surface area contributed by atoms with Crippen LogP contribution in [0, 0.1) is 29.2 Å². The van der Waals surface area contributed by atoms with Crippen LogP contribution in [0.1, 0.15) is 131 Å². The van der Waals surface area contributed by atoms with Crippen LogP contribution in [0.5, 0.6) is 0 Å². The van der Waals surface area contributed by atoms with Gasteiger partial charge < -0.3 is 54.8 Å². The molecule has 0 saturated carbocycles. The fourth-order valence-corrected chi connectivity index (χ4v) is 11.9. The molecule has 4 aromatic carbocycles. The van der Waals surface area contributed by atoms with E-state index in [1.807, 2.05) is 37.3 Å². The second kappa shape index (κ2) is 21.7.